The zero-order chi connectivity index (χ0) is 18.1. The molecule has 2 aromatic rings. The van der Waals surface area contributed by atoms with Crippen LogP contribution in [0.4, 0.5) is 5.69 Å². The summed E-state index contributed by atoms with van der Waals surface area (Å²) in [4.78, 5) is 19.3. The van der Waals surface area contributed by atoms with Crippen LogP contribution in [-0.2, 0) is 4.79 Å². The van der Waals surface area contributed by atoms with Crippen LogP contribution in [0.2, 0.25) is 0 Å². The van der Waals surface area contributed by atoms with Gasteiger partial charge < -0.3 is 10.2 Å². The molecule has 2 rings (SSSR count). The zero-order valence-electron chi connectivity index (χ0n) is 15.2. The number of para-hydroxylation sites is 1. The first-order valence-electron chi connectivity index (χ1n) is 8.77. The number of benzene rings is 1. The summed E-state index contributed by atoms with van der Waals surface area (Å²) in [5, 5.41) is 3.83. The number of hydrogen-bond acceptors (Lipinski definition) is 4. The predicted octanol–water partition coefficient (Wildman–Crippen LogP) is 4.19. The molecule has 1 aromatic heterocycles. The smallest absolute Gasteiger partial charge is 0.235 e. The number of amides is 1. The van der Waals surface area contributed by atoms with Crippen LogP contribution in [0, 0.1) is 5.92 Å². The normalized spacial score (nSPS) is 12.0. The van der Waals surface area contributed by atoms with Gasteiger partial charge in [0.1, 0.15) is 0 Å². The highest BCUT2D eigenvalue weighted by molar-refractivity contribution is 8.00. The van der Waals surface area contributed by atoms with Crippen LogP contribution in [0.3, 0.4) is 0 Å². The van der Waals surface area contributed by atoms with Gasteiger partial charge in [-0.2, -0.15) is 0 Å². The molecule has 25 heavy (non-hydrogen) atoms. The molecule has 4 nitrogen and oxygen atoms in total. The summed E-state index contributed by atoms with van der Waals surface area (Å²) in [6, 6.07) is 16.0. The van der Waals surface area contributed by atoms with E-state index in [1.165, 1.54) is 11.8 Å². The van der Waals surface area contributed by atoms with Gasteiger partial charge in [-0.3, -0.25) is 4.79 Å². The molecule has 1 atom stereocenters. The maximum absolute atomic E-state index is 12.7. The molecule has 0 fully saturated rings. The van der Waals surface area contributed by atoms with E-state index < -0.39 is 0 Å². The number of pyridine rings is 1. The molecule has 5 heteroatoms. The Labute approximate surface area is 155 Å². The van der Waals surface area contributed by atoms with Gasteiger partial charge in [-0.15, -0.1) is 0 Å². The minimum Gasteiger partial charge on any atom is -0.354 e. The van der Waals surface area contributed by atoms with Crippen molar-refractivity contribution in [3.8, 4) is 0 Å². The first-order valence-corrected chi connectivity index (χ1v) is 9.65. The van der Waals surface area contributed by atoms with E-state index >= 15 is 0 Å². The molecule has 0 aliphatic heterocycles. The van der Waals surface area contributed by atoms with Crippen molar-refractivity contribution in [2.45, 2.75) is 37.5 Å². The number of hydrogen-bond donors (Lipinski definition) is 1. The average Bonchev–Trinajstić information content (AvgIpc) is 2.64. The Bertz CT molecular complexity index is 634. The molecule has 1 N–H and O–H groups in total. The molecule has 0 saturated carbocycles. The van der Waals surface area contributed by atoms with Gasteiger partial charge >= 0.3 is 0 Å². The van der Waals surface area contributed by atoms with E-state index in [9.17, 15) is 4.79 Å². The number of nitrogens with zero attached hydrogens (tertiary/aromatic N) is 2. The first kappa shape index (κ1) is 19.3. The largest absolute Gasteiger partial charge is 0.354 e. The Morgan fingerprint density at radius 3 is 2.48 bits per heavy atom. The third-order valence-electron chi connectivity index (χ3n) is 3.81. The molecule has 134 valence electrons. The molecular weight excluding hydrogens is 330 g/mol. The van der Waals surface area contributed by atoms with Crippen LogP contribution >= 0.6 is 11.8 Å². The van der Waals surface area contributed by atoms with Gasteiger partial charge in [0, 0.05) is 18.4 Å². The lowest BCUT2D eigenvalue weighted by atomic mass is 10.1. The molecular formula is C20H27N3OS. The second-order valence-corrected chi connectivity index (χ2v) is 7.41. The summed E-state index contributed by atoms with van der Waals surface area (Å²) in [7, 11) is 0. The molecule has 1 unspecified atom stereocenters. The molecule has 0 bridgehead atoms. The Morgan fingerprint density at radius 2 is 1.88 bits per heavy atom. The number of aromatic nitrogens is 1. The summed E-state index contributed by atoms with van der Waals surface area (Å²) < 4.78 is 0. The van der Waals surface area contributed by atoms with Crippen molar-refractivity contribution in [2.24, 2.45) is 5.92 Å². The molecule has 1 aromatic carbocycles. The Morgan fingerprint density at radius 1 is 1.16 bits per heavy atom. The summed E-state index contributed by atoms with van der Waals surface area (Å²) in [5.74, 6) is 0.283. The lowest BCUT2D eigenvalue weighted by Gasteiger charge is -2.26. The quantitative estimate of drug-likeness (QED) is 0.540. The van der Waals surface area contributed by atoms with Crippen molar-refractivity contribution >= 4 is 23.4 Å². The Hall–Kier alpha value is -2.01. The first-order chi connectivity index (χ1) is 12.1. The molecule has 1 amide bonds. The monoisotopic (exact) mass is 357 g/mol. The van der Waals surface area contributed by atoms with Gasteiger partial charge in [0.15, 0.2) is 0 Å². The van der Waals surface area contributed by atoms with Crippen LogP contribution in [0.1, 0.15) is 27.2 Å². The Balaban J connectivity index is 1.99. The number of carbonyl (C=O) groups is 1. The minimum absolute atomic E-state index is 0.0580. The molecule has 0 spiro atoms. The number of nitrogens with one attached hydrogen (secondary N) is 1. The molecule has 0 aliphatic carbocycles. The standard InChI is InChI=1S/C20H27N3OS/c1-4-14-23(17-10-6-5-7-11-17)15-22-20(24)19(16(2)3)25-18-12-8-9-13-21-18/h5-13,16,19H,4,14-15H2,1-3H3,(H,22,24). The fraction of sp³-hybridized carbons (Fsp3) is 0.400. The second-order valence-electron chi connectivity index (χ2n) is 6.25. The van der Waals surface area contributed by atoms with Crippen molar-refractivity contribution in [1.29, 1.82) is 0 Å². The highest BCUT2D eigenvalue weighted by atomic mass is 32.2. The number of carbonyl (C=O) groups excluding carboxylic acids is 1. The van der Waals surface area contributed by atoms with Gasteiger partial charge in [0.05, 0.1) is 16.9 Å². The maximum Gasteiger partial charge on any atom is 0.235 e. The van der Waals surface area contributed by atoms with E-state index in [2.05, 4.69) is 48.1 Å². The highest BCUT2D eigenvalue weighted by Crippen LogP contribution is 2.26. The summed E-state index contributed by atoms with van der Waals surface area (Å²) >= 11 is 1.52. The highest BCUT2D eigenvalue weighted by Gasteiger charge is 2.24. The van der Waals surface area contributed by atoms with Gasteiger partial charge in [-0.1, -0.05) is 56.8 Å². The summed E-state index contributed by atoms with van der Waals surface area (Å²) in [6.07, 6.45) is 2.79. The molecule has 1 heterocycles. The topological polar surface area (TPSA) is 45.2 Å². The van der Waals surface area contributed by atoms with Crippen LogP contribution in [0.25, 0.3) is 0 Å². The molecule has 0 aliphatic rings. The third-order valence-corrected chi connectivity index (χ3v) is 5.30. The lowest BCUT2D eigenvalue weighted by Crippen LogP contribution is -2.43. The number of thioether (sulfide) groups is 1. The van der Waals surface area contributed by atoms with E-state index in [4.69, 9.17) is 0 Å². The SMILES string of the molecule is CCCN(CNC(=O)C(Sc1ccccn1)C(C)C)c1ccccc1. The van der Waals surface area contributed by atoms with Gasteiger partial charge in [-0.05, 0) is 36.6 Å². The van der Waals surface area contributed by atoms with Crippen molar-refractivity contribution in [3.63, 3.8) is 0 Å². The van der Waals surface area contributed by atoms with E-state index in [-0.39, 0.29) is 17.1 Å². The van der Waals surface area contributed by atoms with Crippen molar-refractivity contribution < 1.29 is 4.79 Å². The zero-order valence-corrected chi connectivity index (χ0v) is 16.0. The van der Waals surface area contributed by atoms with Gasteiger partial charge in [0.2, 0.25) is 5.91 Å². The number of anilines is 1. The van der Waals surface area contributed by atoms with Gasteiger partial charge in [-0.25, -0.2) is 4.98 Å². The van der Waals surface area contributed by atoms with Crippen LogP contribution in [-0.4, -0.2) is 29.4 Å². The van der Waals surface area contributed by atoms with E-state index in [0.29, 0.717) is 6.67 Å². The fourth-order valence-corrected chi connectivity index (χ4v) is 3.52. The predicted molar refractivity (Wildman–Crippen MR) is 106 cm³/mol. The van der Waals surface area contributed by atoms with Crippen LogP contribution in [0.15, 0.2) is 59.8 Å². The average molecular weight is 358 g/mol. The van der Waals surface area contributed by atoms with E-state index in [1.54, 1.807) is 6.20 Å². The van der Waals surface area contributed by atoms with Crippen molar-refractivity contribution in [2.75, 3.05) is 18.1 Å². The van der Waals surface area contributed by atoms with E-state index in [1.807, 2.05) is 36.4 Å². The Kier molecular flexibility index (Phi) is 7.79. The summed E-state index contributed by atoms with van der Waals surface area (Å²) in [5.41, 5.74) is 1.13. The van der Waals surface area contributed by atoms with Gasteiger partial charge in [0.25, 0.3) is 0 Å². The van der Waals surface area contributed by atoms with E-state index in [0.717, 1.165) is 23.7 Å². The fourth-order valence-electron chi connectivity index (χ4n) is 2.52. The summed E-state index contributed by atoms with van der Waals surface area (Å²) in [6.45, 7) is 7.71. The maximum atomic E-state index is 12.7. The third kappa shape index (κ3) is 6.09. The minimum atomic E-state index is -0.158. The van der Waals surface area contributed by atoms with Crippen LogP contribution < -0.4 is 10.2 Å². The molecule has 0 radical (unpaired) electrons. The lowest BCUT2D eigenvalue weighted by molar-refractivity contribution is -0.121. The van der Waals surface area contributed by atoms with Crippen molar-refractivity contribution in [3.05, 3.63) is 54.7 Å². The van der Waals surface area contributed by atoms with Crippen molar-refractivity contribution in [1.82, 2.24) is 10.3 Å². The molecule has 0 saturated heterocycles. The number of rotatable bonds is 9. The van der Waals surface area contributed by atoms with Crippen LogP contribution in [0.5, 0.6) is 0 Å². The second kappa shape index (κ2) is 10.1.